The number of nitrogens with two attached hydrogens (primary N) is 1. The van der Waals surface area contributed by atoms with Crippen LogP contribution in [0.4, 0.5) is 0 Å². The number of rotatable bonds is 5. The minimum absolute atomic E-state index is 0.0196. The predicted molar refractivity (Wildman–Crippen MR) is 113 cm³/mol. The largest absolute Gasteiger partial charge is 0.478 e. The zero-order valence-corrected chi connectivity index (χ0v) is 17.8. The van der Waals surface area contributed by atoms with Gasteiger partial charge in [0.2, 0.25) is 11.8 Å². The first-order valence-electron chi connectivity index (χ1n) is 11.3. The SMILES string of the molecule is N#C[C@@H]1CCCN1C(=O)[C@@H](N)CN1C[C@H]2C[C@@H]1C(=O)N2[C@@H]1CCc2cc(C(=O)O)ccc21. The fraction of sp³-hybridized carbons (Fsp3) is 0.565. The van der Waals surface area contributed by atoms with E-state index >= 15 is 0 Å². The van der Waals surface area contributed by atoms with Crippen LogP contribution in [0.2, 0.25) is 0 Å². The molecule has 1 aromatic carbocycles. The number of carbonyl (C=O) groups excluding carboxylic acids is 2. The van der Waals surface area contributed by atoms with E-state index in [4.69, 9.17) is 5.73 Å². The molecule has 9 nitrogen and oxygen atoms in total. The van der Waals surface area contributed by atoms with Gasteiger partial charge >= 0.3 is 5.97 Å². The summed E-state index contributed by atoms with van der Waals surface area (Å²) < 4.78 is 0. The number of nitriles is 1. The average Bonchev–Trinajstić information content (AvgIpc) is 3.55. The van der Waals surface area contributed by atoms with Crippen molar-refractivity contribution in [1.82, 2.24) is 14.7 Å². The second-order valence-electron chi connectivity index (χ2n) is 9.30. The van der Waals surface area contributed by atoms with E-state index in [-0.39, 0.29) is 35.5 Å². The molecule has 0 radical (unpaired) electrons. The Morgan fingerprint density at radius 2 is 2.09 bits per heavy atom. The van der Waals surface area contributed by atoms with Crippen LogP contribution in [0.15, 0.2) is 18.2 Å². The molecule has 0 aromatic heterocycles. The van der Waals surface area contributed by atoms with Gasteiger partial charge < -0.3 is 20.6 Å². The lowest BCUT2D eigenvalue weighted by Crippen LogP contribution is -2.56. The van der Waals surface area contributed by atoms with Crippen LogP contribution in [0.25, 0.3) is 0 Å². The van der Waals surface area contributed by atoms with Gasteiger partial charge in [-0.3, -0.25) is 14.5 Å². The second-order valence-corrected chi connectivity index (χ2v) is 9.30. The highest BCUT2D eigenvalue weighted by Gasteiger charge is 2.53. The van der Waals surface area contributed by atoms with Crippen molar-refractivity contribution in [3.63, 3.8) is 0 Å². The number of fused-ring (bicyclic) bond motifs is 3. The Morgan fingerprint density at radius 3 is 2.81 bits per heavy atom. The molecule has 9 heteroatoms. The minimum Gasteiger partial charge on any atom is -0.478 e. The molecule has 3 aliphatic heterocycles. The van der Waals surface area contributed by atoms with Crippen molar-refractivity contribution >= 4 is 17.8 Å². The quantitative estimate of drug-likeness (QED) is 0.686. The normalized spacial score (nSPS) is 29.9. The maximum Gasteiger partial charge on any atom is 0.335 e. The third-order valence-electron chi connectivity index (χ3n) is 7.52. The lowest BCUT2D eigenvalue weighted by atomic mass is 10.0. The smallest absolute Gasteiger partial charge is 0.335 e. The van der Waals surface area contributed by atoms with Crippen molar-refractivity contribution in [3.05, 3.63) is 34.9 Å². The molecule has 2 bridgehead atoms. The van der Waals surface area contributed by atoms with Crippen molar-refractivity contribution in [2.24, 2.45) is 5.73 Å². The molecule has 3 heterocycles. The Balaban J connectivity index is 1.25. The van der Waals surface area contributed by atoms with Crippen LogP contribution in [0.3, 0.4) is 0 Å². The van der Waals surface area contributed by atoms with Gasteiger partial charge in [-0.25, -0.2) is 4.79 Å². The summed E-state index contributed by atoms with van der Waals surface area (Å²) in [6, 6.07) is 6.00. The molecule has 3 N–H and O–H groups in total. The van der Waals surface area contributed by atoms with E-state index in [2.05, 4.69) is 6.07 Å². The maximum atomic E-state index is 13.3. The van der Waals surface area contributed by atoms with E-state index in [1.54, 1.807) is 17.0 Å². The average molecular weight is 438 g/mol. The summed E-state index contributed by atoms with van der Waals surface area (Å²) >= 11 is 0. The molecule has 168 valence electrons. The van der Waals surface area contributed by atoms with Gasteiger partial charge in [-0.1, -0.05) is 6.07 Å². The fourth-order valence-electron chi connectivity index (χ4n) is 6.03. The van der Waals surface area contributed by atoms with Gasteiger partial charge in [-0.2, -0.15) is 5.26 Å². The van der Waals surface area contributed by atoms with Crippen LogP contribution in [-0.4, -0.2) is 81.4 Å². The Morgan fingerprint density at radius 1 is 1.28 bits per heavy atom. The van der Waals surface area contributed by atoms with Gasteiger partial charge in [0.25, 0.3) is 0 Å². The highest BCUT2D eigenvalue weighted by molar-refractivity contribution is 5.89. The topological polar surface area (TPSA) is 131 Å². The third-order valence-corrected chi connectivity index (χ3v) is 7.52. The van der Waals surface area contributed by atoms with Gasteiger partial charge in [0.05, 0.1) is 29.8 Å². The summed E-state index contributed by atoms with van der Waals surface area (Å²) in [4.78, 5) is 42.9. The number of hydrogen-bond acceptors (Lipinski definition) is 6. The minimum atomic E-state index is -0.941. The first kappa shape index (κ1) is 20.9. The molecule has 1 aromatic rings. The number of carboxylic acids is 1. The molecule has 5 rings (SSSR count). The van der Waals surface area contributed by atoms with E-state index in [0.29, 0.717) is 26.1 Å². The molecule has 32 heavy (non-hydrogen) atoms. The van der Waals surface area contributed by atoms with E-state index in [1.807, 2.05) is 15.9 Å². The van der Waals surface area contributed by atoms with Crippen LogP contribution >= 0.6 is 0 Å². The van der Waals surface area contributed by atoms with Gasteiger partial charge in [-0.05, 0) is 55.4 Å². The van der Waals surface area contributed by atoms with E-state index < -0.39 is 18.1 Å². The molecular formula is C23H27N5O4. The van der Waals surface area contributed by atoms with Crippen molar-refractivity contribution in [1.29, 1.82) is 5.26 Å². The van der Waals surface area contributed by atoms with Crippen LogP contribution in [-0.2, 0) is 16.0 Å². The Labute approximate surface area is 186 Å². The van der Waals surface area contributed by atoms with Crippen LogP contribution in [0, 0.1) is 11.3 Å². The zero-order chi connectivity index (χ0) is 22.6. The summed E-state index contributed by atoms with van der Waals surface area (Å²) in [5.41, 5.74) is 8.55. The molecule has 0 spiro atoms. The van der Waals surface area contributed by atoms with Gasteiger partial charge in [0.15, 0.2) is 0 Å². The van der Waals surface area contributed by atoms with Crippen molar-refractivity contribution in [2.75, 3.05) is 19.6 Å². The molecule has 3 fully saturated rings. The highest BCUT2D eigenvalue weighted by Crippen LogP contribution is 2.44. The zero-order valence-electron chi connectivity index (χ0n) is 17.8. The van der Waals surface area contributed by atoms with E-state index in [9.17, 15) is 24.8 Å². The number of carboxylic acid groups (broad SMARTS) is 1. The highest BCUT2D eigenvalue weighted by atomic mass is 16.4. The monoisotopic (exact) mass is 437 g/mol. The van der Waals surface area contributed by atoms with Crippen LogP contribution < -0.4 is 5.73 Å². The Kier molecular flexibility index (Phi) is 5.14. The van der Waals surface area contributed by atoms with Gasteiger partial charge in [0, 0.05) is 25.7 Å². The molecule has 2 amide bonds. The summed E-state index contributed by atoms with van der Waals surface area (Å²) in [6.45, 7) is 1.56. The van der Waals surface area contributed by atoms with E-state index in [1.165, 1.54) is 0 Å². The number of aryl methyl sites for hydroxylation is 1. The number of hydrogen-bond donors (Lipinski definition) is 2. The van der Waals surface area contributed by atoms with Gasteiger partial charge in [0.1, 0.15) is 6.04 Å². The summed E-state index contributed by atoms with van der Waals surface area (Å²) in [5, 5.41) is 18.5. The molecule has 5 atom stereocenters. The third kappa shape index (κ3) is 3.26. The van der Waals surface area contributed by atoms with Crippen molar-refractivity contribution in [3.8, 4) is 6.07 Å². The second kappa shape index (κ2) is 7.87. The molecule has 4 aliphatic rings. The first-order valence-corrected chi connectivity index (χ1v) is 11.3. The van der Waals surface area contributed by atoms with Crippen LogP contribution in [0.1, 0.15) is 53.2 Å². The number of nitrogens with zero attached hydrogens (tertiary/aromatic N) is 4. The number of aromatic carboxylic acids is 1. The number of amides is 2. The fourth-order valence-corrected chi connectivity index (χ4v) is 6.03. The summed E-state index contributed by atoms with van der Waals surface area (Å²) in [6.07, 6.45) is 3.80. The lowest BCUT2D eigenvalue weighted by Gasteiger charge is -2.38. The van der Waals surface area contributed by atoms with Crippen molar-refractivity contribution < 1.29 is 19.5 Å². The molecule has 1 aliphatic carbocycles. The standard InChI is InChI=1S/C23H27N5O4/c24-10-15-2-1-7-27(15)21(29)18(25)12-26-11-16-9-20(26)22(30)28(16)19-6-4-13-8-14(23(31)32)3-5-17(13)19/h3,5,8,15-16,18-20H,1-2,4,6-7,9,11-12,25H2,(H,31,32)/t15-,16+,18-,19+,20+/m0/s1. The lowest BCUT2D eigenvalue weighted by molar-refractivity contribution is -0.141. The Hall–Kier alpha value is -2.96. The molecule has 3 saturated heterocycles. The number of benzene rings is 1. The Bertz CT molecular complexity index is 1020. The predicted octanol–water partition coefficient (Wildman–Crippen LogP) is 0.499. The number of carbonyl (C=O) groups is 3. The summed E-state index contributed by atoms with van der Waals surface area (Å²) in [5.74, 6) is -1.08. The maximum absolute atomic E-state index is 13.3. The molecule has 0 saturated carbocycles. The number of piperazine rings is 1. The molecule has 0 unspecified atom stereocenters. The van der Waals surface area contributed by atoms with Gasteiger partial charge in [-0.15, -0.1) is 0 Å². The van der Waals surface area contributed by atoms with Crippen LogP contribution in [0.5, 0.6) is 0 Å². The van der Waals surface area contributed by atoms with E-state index in [0.717, 1.165) is 36.8 Å². The van der Waals surface area contributed by atoms with Crippen molar-refractivity contribution in [2.45, 2.75) is 62.3 Å². The molecular weight excluding hydrogens is 410 g/mol. The first-order chi connectivity index (χ1) is 15.4. The number of likely N-dealkylation sites (tertiary alicyclic amines) is 3. The summed E-state index contributed by atoms with van der Waals surface area (Å²) in [7, 11) is 0.